The van der Waals surface area contributed by atoms with E-state index in [4.69, 9.17) is 0 Å². The summed E-state index contributed by atoms with van der Waals surface area (Å²) in [5.74, 6) is 0. The van der Waals surface area contributed by atoms with Crippen molar-refractivity contribution in [2.45, 2.75) is 44.9 Å². The summed E-state index contributed by atoms with van der Waals surface area (Å²) in [6, 6.07) is 4.08. The van der Waals surface area contributed by atoms with Crippen LogP contribution in [0.15, 0.2) is 24.5 Å². The van der Waals surface area contributed by atoms with Crippen molar-refractivity contribution in [1.29, 1.82) is 0 Å². The summed E-state index contributed by atoms with van der Waals surface area (Å²) in [6.45, 7) is 6.17. The van der Waals surface area contributed by atoms with Crippen LogP contribution >= 0.6 is 0 Å². The number of nitrogens with zero attached hydrogens (tertiary/aromatic N) is 2. The van der Waals surface area contributed by atoms with E-state index in [1.165, 1.54) is 5.56 Å². The molecule has 2 heterocycles. The molecule has 0 amide bonds. The van der Waals surface area contributed by atoms with Crippen LogP contribution in [-0.2, 0) is 6.54 Å². The Kier molecular flexibility index (Phi) is 3.26. The van der Waals surface area contributed by atoms with Gasteiger partial charge in [-0.25, -0.2) is 0 Å². The number of piperidine rings is 1. The van der Waals surface area contributed by atoms with Gasteiger partial charge < -0.3 is 5.11 Å². The number of rotatable bonds is 2. The molecule has 1 aliphatic rings. The smallest absolute Gasteiger partial charge is 0.0668 e. The van der Waals surface area contributed by atoms with Crippen molar-refractivity contribution in [1.82, 2.24) is 9.88 Å². The molecule has 1 N–H and O–H groups in total. The van der Waals surface area contributed by atoms with E-state index in [2.05, 4.69) is 23.7 Å². The zero-order chi connectivity index (χ0) is 11.6. The quantitative estimate of drug-likeness (QED) is 0.826. The average molecular weight is 220 g/mol. The highest BCUT2D eigenvalue weighted by Crippen LogP contribution is 2.28. The largest absolute Gasteiger partial charge is 0.392 e. The van der Waals surface area contributed by atoms with Crippen molar-refractivity contribution in [3.63, 3.8) is 0 Å². The van der Waals surface area contributed by atoms with E-state index in [0.717, 1.165) is 25.9 Å². The number of hydrogen-bond donors (Lipinski definition) is 1. The minimum atomic E-state index is -0.171. The highest BCUT2D eigenvalue weighted by Gasteiger charge is 2.33. The molecule has 0 radical (unpaired) electrons. The third-order valence-corrected chi connectivity index (χ3v) is 3.50. The standard InChI is InChI=1S/C13H20N2O/c1-13(2)6-3-12(16)10-15(13)9-11-4-7-14-8-5-11/h4-5,7-8,12,16H,3,6,9-10H2,1-2H3. The van der Waals surface area contributed by atoms with E-state index in [9.17, 15) is 5.11 Å². The molecule has 16 heavy (non-hydrogen) atoms. The van der Waals surface area contributed by atoms with Gasteiger partial charge in [-0.2, -0.15) is 0 Å². The first kappa shape index (κ1) is 11.6. The fraction of sp³-hybridized carbons (Fsp3) is 0.615. The molecule has 88 valence electrons. The molecule has 1 unspecified atom stereocenters. The van der Waals surface area contributed by atoms with Crippen LogP contribution in [0.25, 0.3) is 0 Å². The van der Waals surface area contributed by atoms with Crippen molar-refractivity contribution >= 4 is 0 Å². The Bertz CT molecular complexity index is 337. The zero-order valence-corrected chi connectivity index (χ0v) is 10.1. The molecule has 0 aliphatic carbocycles. The van der Waals surface area contributed by atoms with Gasteiger partial charge in [-0.15, -0.1) is 0 Å². The fourth-order valence-corrected chi connectivity index (χ4v) is 2.26. The Hall–Kier alpha value is -0.930. The maximum atomic E-state index is 9.74. The summed E-state index contributed by atoms with van der Waals surface area (Å²) in [7, 11) is 0. The molecular formula is C13H20N2O. The number of aliphatic hydroxyl groups excluding tert-OH is 1. The van der Waals surface area contributed by atoms with E-state index in [1.807, 2.05) is 24.5 Å². The maximum Gasteiger partial charge on any atom is 0.0668 e. The van der Waals surface area contributed by atoms with E-state index >= 15 is 0 Å². The number of hydrogen-bond acceptors (Lipinski definition) is 3. The molecule has 0 aromatic carbocycles. The first-order valence-electron chi connectivity index (χ1n) is 5.90. The topological polar surface area (TPSA) is 36.4 Å². The van der Waals surface area contributed by atoms with Crippen LogP contribution in [0.3, 0.4) is 0 Å². The van der Waals surface area contributed by atoms with Gasteiger partial charge in [-0.3, -0.25) is 9.88 Å². The van der Waals surface area contributed by atoms with E-state index in [1.54, 1.807) is 0 Å². The van der Waals surface area contributed by atoms with Crippen molar-refractivity contribution < 1.29 is 5.11 Å². The molecule has 1 atom stereocenters. The molecule has 0 bridgehead atoms. The second-order valence-electron chi connectivity index (χ2n) is 5.24. The minimum absolute atomic E-state index is 0.171. The molecule has 1 aromatic rings. The number of aromatic nitrogens is 1. The molecule has 2 rings (SSSR count). The molecule has 1 saturated heterocycles. The van der Waals surface area contributed by atoms with Gasteiger partial charge in [0, 0.05) is 31.0 Å². The first-order valence-corrected chi connectivity index (χ1v) is 5.90. The fourth-order valence-electron chi connectivity index (χ4n) is 2.26. The van der Waals surface area contributed by atoms with Crippen molar-refractivity contribution in [2.75, 3.05) is 6.54 Å². The minimum Gasteiger partial charge on any atom is -0.392 e. The Morgan fingerprint density at radius 3 is 2.81 bits per heavy atom. The lowest BCUT2D eigenvalue weighted by molar-refractivity contribution is -0.00960. The summed E-state index contributed by atoms with van der Waals surface area (Å²) in [4.78, 5) is 6.38. The van der Waals surface area contributed by atoms with Crippen LogP contribution in [0.2, 0.25) is 0 Å². The monoisotopic (exact) mass is 220 g/mol. The Labute approximate surface area is 97.1 Å². The summed E-state index contributed by atoms with van der Waals surface area (Å²) < 4.78 is 0. The number of likely N-dealkylation sites (tertiary alicyclic amines) is 1. The molecule has 1 aliphatic heterocycles. The van der Waals surface area contributed by atoms with Gasteiger partial charge in [-0.05, 0) is 44.4 Å². The van der Waals surface area contributed by atoms with E-state index in [0.29, 0.717) is 0 Å². The normalized spacial score (nSPS) is 25.6. The van der Waals surface area contributed by atoms with Gasteiger partial charge in [0.25, 0.3) is 0 Å². The van der Waals surface area contributed by atoms with Crippen molar-refractivity contribution in [2.24, 2.45) is 0 Å². The lowest BCUT2D eigenvalue weighted by Crippen LogP contribution is -2.51. The Morgan fingerprint density at radius 1 is 1.44 bits per heavy atom. The summed E-state index contributed by atoms with van der Waals surface area (Å²) in [5.41, 5.74) is 1.44. The van der Waals surface area contributed by atoms with Gasteiger partial charge >= 0.3 is 0 Å². The summed E-state index contributed by atoms with van der Waals surface area (Å²) in [6.07, 6.45) is 5.44. The van der Waals surface area contributed by atoms with Gasteiger partial charge in [0.1, 0.15) is 0 Å². The van der Waals surface area contributed by atoms with Crippen LogP contribution in [0.1, 0.15) is 32.3 Å². The second kappa shape index (κ2) is 4.52. The van der Waals surface area contributed by atoms with Gasteiger partial charge in [0.15, 0.2) is 0 Å². The summed E-state index contributed by atoms with van der Waals surface area (Å²) >= 11 is 0. The molecular weight excluding hydrogens is 200 g/mol. The Balaban J connectivity index is 2.07. The average Bonchev–Trinajstić information content (AvgIpc) is 2.26. The third kappa shape index (κ3) is 2.60. The van der Waals surface area contributed by atoms with Crippen LogP contribution < -0.4 is 0 Å². The van der Waals surface area contributed by atoms with Gasteiger partial charge in [-0.1, -0.05) is 0 Å². The molecule has 1 aromatic heterocycles. The first-order chi connectivity index (χ1) is 7.58. The second-order valence-corrected chi connectivity index (χ2v) is 5.24. The van der Waals surface area contributed by atoms with E-state index < -0.39 is 0 Å². The maximum absolute atomic E-state index is 9.74. The highest BCUT2D eigenvalue weighted by atomic mass is 16.3. The molecule has 0 spiro atoms. The molecule has 3 heteroatoms. The van der Waals surface area contributed by atoms with Crippen LogP contribution in [0.4, 0.5) is 0 Å². The van der Waals surface area contributed by atoms with Crippen molar-refractivity contribution in [3.8, 4) is 0 Å². The highest BCUT2D eigenvalue weighted by molar-refractivity contribution is 5.10. The molecule has 0 saturated carbocycles. The third-order valence-electron chi connectivity index (χ3n) is 3.50. The predicted molar refractivity (Wildman–Crippen MR) is 64.0 cm³/mol. The SMILES string of the molecule is CC1(C)CCC(O)CN1Cc1ccncc1. The lowest BCUT2D eigenvalue weighted by Gasteiger charge is -2.44. The number of aliphatic hydroxyl groups is 1. The lowest BCUT2D eigenvalue weighted by atomic mass is 9.89. The summed E-state index contributed by atoms with van der Waals surface area (Å²) in [5, 5.41) is 9.74. The van der Waals surface area contributed by atoms with Crippen molar-refractivity contribution in [3.05, 3.63) is 30.1 Å². The van der Waals surface area contributed by atoms with Crippen LogP contribution in [-0.4, -0.2) is 33.2 Å². The molecule has 3 nitrogen and oxygen atoms in total. The predicted octanol–water partition coefficient (Wildman–Crippen LogP) is 1.82. The number of β-amino-alcohol motifs (C(OH)–C–C–N with tert-alkyl or cyclic N) is 1. The Morgan fingerprint density at radius 2 is 2.12 bits per heavy atom. The number of pyridine rings is 1. The van der Waals surface area contributed by atoms with Crippen LogP contribution in [0, 0.1) is 0 Å². The van der Waals surface area contributed by atoms with Crippen LogP contribution in [0.5, 0.6) is 0 Å². The van der Waals surface area contributed by atoms with E-state index in [-0.39, 0.29) is 11.6 Å². The molecule has 1 fully saturated rings. The van der Waals surface area contributed by atoms with Gasteiger partial charge in [0.2, 0.25) is 0 Å². The zero-order valence-electron chi connectivity index (χ0n) is 10.1. The van der Waals surface area contributed by atoms with Gasteiger partial charge in [0.05, 0.1) is 6.10 Å².